The number of benzene rings is 6. The predicted molar refractivity (Wildman–Crippen MR) is 201 cm³/mol. The normalized spacial score (nSPS) is 11.9. The molecule has 0 saturated carbocycles. The van der Waals surface area contributed by atoms with Crippen molar-refractivity contribution in [2.45, 2.75) is 0 Å². The van der Waals surface area contributed by atoms with Crippen molar-refractivity contribution in [2.75, 3.05) is 0 Å². The van der Waals surface area contributed by atoms with Gasteiger partial charge in [-0.25, -0.2) is 15.0 Å². The molecule has 0 saturated heterocycles. The van der Waals surface area contributed by atoms with Gasteiger partial charge in [0.25, 0.3) is 0 Å². The minimum atomic E-state index is 0.513. The quantitative estimate of drug-likeness (QED) is 0.186. The number of para-hydroxylation sites is 3. The zero-order valence-electron chi connectivity index (χ0n) is 26.9. The van der Waals surface area contributed by atoms with E-state index in [-0.39, 0.29) is 0 Å². The maximum Gasteiger partial charge on any atom is 0.167 e. The molecule has 0 aliphatic rings. The lowest BCUT2D eigenvalue weighted by Gasteiger charge is -2.12. The Morgan fingerprint density at radius 3 is 1.88 bits per heavy atom. The van der Waals surface area contributed by atoms with Gasteiger partial charge in [0, 0.05) is 49.6 Å². The van der Waals surface area contributed by atoms with Crippen LogP contribution in [-0.4, -0.2) is 19.9 Å². The molecule has 7 heteroatoms. The molecule has 0 spiro atoms. The van der Waals surface area contributed by atoms with Crippen LogP contribution < -0.4 is 0 Å². The maximum absolute atomic E-state index is 6.51. The highest BCUT2D eigenvalue weighted by atomic mass is 16.3. The highest BCUT2D eigenvalue weighted by Gasteiger charge is 2.22. The highest BCUT2D eigenvalue weighted by Crippen LogP contribution is 2.43. The van der Waals surface area contributed by atoms with Crippen LogP contribution in [0.5, 0.6) is 0 Å². The van der Waals surface area contributed by atoms with Crippen molar-refractivity contribution in [3.05, 3.63) is 146 Å². The summed E-state index contributed by atoms with van der Waals surface area (Å²) in [6.07, 6.45) is 3.53. The second kappa shape index (κ2) is 10.7. The molecule has 11 aromatic rings. The van der Waals surface area contributed by atoms with E-state index in [0.717, 1.165) is 82.5 Å². The molecule has 0 atom stereocenters. The molecule has 6 aromatic carbocycles. The van der Waals surface area contributed by atoms with E-state index in [9.17, 15) is 0 Å². The summed E-state index contributed by atoms with van der Waals surface area (Å²) in [6.45, 7) is 0. The van der Waals surface area contributed by atoms with Gasteiger partial charge in [0.2, 0.25) is 0 Å². The van der Waals surface area contributed by atoms with E-state index < -0.39 is 0 Å². The first-order chi connectivity index (χ1) is 25.3. The van der Waals surface area contributed by atoms with Crippen LogP contribution in [0.15, 0.2) is 159 Å². The van der Waals surface area contributed by atoms with Gasteiger partial charge in [0.05, 0.1) is 11.8 Å². The molecule has 0 bridgehead atoms. The molecular weight excluding hydrogens is 633 g/mol. The highest BCUT2D eigenvalue weighted by molar-refractivity contribution is 6.16. The molecule has 5 heterocycles. The van der Waals surface area contributed by atoms with Crippen LogP contribution in [0, 0.1) is 0 Å². The summed E-state index contributed by atoms with van der Waals surface area (Å²) in [5.41, 5.74) is 9.03. The van der Waals surface area contributed by atoms with Gasteiger partial charge in [0.15, 0.2) is 23.1 Å². The Balaban J connectivity index is 1.23. The summed E-state index contributed by atoms with van der Waals surface area (Å²) < 4.78 is 19.2. The minimum Gasteiger partial charge on any atom is -0.456 e. The number of rotatable bonds is 4. The molecule has 0 unspecified atom stereocenters. The maximum atomic E-state index is 6.51. The number of hydrogen-bond acceptors (Lipinski definition) is 7. The van der Waals surface area contributed by atoms with Crippen molar-refractivity contribution in [2.24, 2.45) is 0 Å². The van der Waals surface area contributed by atoms with Gasteiger partial charge < -0.3 is 13.3 Å². The number of pyridine rings is 1. The van der Waals surface area contributed by atoms with E-state index in [0.29, 0.717) is 28.6 Å². The topological polar surface area (TPSA) is 91.0 Å². The summed E-state index contributed by atoms with van der Waals surface area (Å²) in [6, 6.07) is 44.7. The number of nitrogens with zero attached hydrogens (tertiary/aromatic N) is 4. The summed E-state index contributed by atoms with van der Waals surface area (Å²) >= 11 is 0. The lowest BCUT2D eigenvalue weighted by atomic mass is 9.95. The van der Waals surface area contributed by atoms with Crippen molar-refractivity contribution in [1.82, 2.24) is 19.9 Å². The Labute approximate surface area is 289 Å². The Morgan fingerprint density at radius 2 is 1.00 bits per heavy atom. The monoisotopic (exact) mass is 656 g/mol. The first kappa shape index (κ1) is 27.8. The van der Waals surface area contributed by atoms with E-state index in [2.05, 4.69) is 41.4 Å². The second-order valence-corrected chi connectivity index (χ2v) is 12.6. The molecule has 7 nitrogen and oxygen atoms in total. The van der Waals surface area contributed by atoms with Crippen molar-refractivity contribution >= 4 is 65.8 Å². The molecule has 0 N–H and O–H groups in total. The van der Waals surface area contributed by atoms with Crippen molar-refractivity contribution in [1.29, 1.82) is 0 Å². The molecule has 0 amide bonds. The molecule has 51 heavy (non-hydrogen) atoms. The van der Waals surface area contributed by atoms with Gasteiger partial charge in [-0.05, 0) is 53.6 Å². The van der Waals surface area contributed by atoms with Gasteiger partial charge >= 0.3 is 0 Å². The van der Waals surface area contributed by atoms with Crippen LogP contribution in [0.1, 0.15) is 0 Å². The molecule has 0 aliphatic carbocycles. The number of fused-ring (bicyclic) bond motifs is 9. The average molecular weight is 657 g/mol. The SMILES string of the molecule is c1ccc(-c2nc(-c3cccc4c3oc3ccccc34)nc(-c3cc(-c4cccc5oc6ccccc6c45)cc4oc5cnccc5c34)n2)cc1. The molecule has 238 valence electrons. The molecule has 0 fully saturated rings. The molecule has 0 aliphatic heterocycles. The summed E-state index contributed by atoms with van der Waals surface area (Å²) in [4.78, 5) is 19.8. The van der Waals surface area contributed by atoms with E-state index >= 15 is 0 Å². The van der Waals surface area contributed by atoms with Crippen molar-refractivity contribution < 1.29 is 13.3 Å². The van der Waals surface area contributed by atoms with Crippen molar-refractivity contribution in [3.63, 3.8) is 0 Å². The molecular formula is C44H24N4O3. The Kier molecular flexibility index (Phi) is 5.83. The van der Waals surface area contributed by atoms with Gasteiger partial charge in [-0.3, -0.25) is 4.98 Å². The third-order valence-electron chi connectivity index (χ3n) is 9.64. The van der Waals surface area contributed by atoms with Gasteiger partial charge in [-0.1, -0.05) is 91.0 Å². The van der Waals surface area contributed by atoms with E-state index in [1.54, 1.807) is 12.4 Å². The van der Waals surface area contributed by atoms with Crippen LogP contribution >= 0.6 is 0 Å². The largest absolute Gasteiger partial charge is 0.456 e. The lowest BCUT2D eigenvalue weighted by molar-refractivity contribution is 0.667. The Hall–Kier alpha value is -7.12. The fraction of sp³-hybridized carbons (Fsp3) is 0. The summed E-state index contributed by atoms with van der Waals surface area (Å²) in [5.74, 6) is 1.58. The van der Waals surface area contributed by atoms with Gasteiger partial charge in [-0.15, -0.1) is 0 Å². The predicted octanol–water partition coefficient (Wildman–Crippen LogP) is 11.6. The standard InChI is InChI=1S/C44H24N4O3/c1-2-10-25(11-3-1)42-46-43(32-16-8-15-29-28-12-4-6-17-34(28)51-41(29)32)48-44(47-42)33-22-26(23-37-40(33)31-20-21-45-24-38(31)50-37)27-14-9-19-36-39(27)30-13-5-7-18-35(30)49-36/h1-24H. The zero-order chi connectivity index (χ0) is 33.5. The fourth-order valence-electron chi connectivity index (χ4n) is 7.36. The minimum absolute atomic E-state index is 0.513. The van der Waals surface area contributed by atoms with E-state index in [4.69, 9.17) is 28.2 Å². The number of aromatic nitrogens is 4. The summed E-state index contributed by atoms with van der Waals surface area (Å²) in [5, 5.41) is 5.96. The lowest BCUT2D eigenvalue weighted by Crippen LogP contribution is -2.01. The van der Waals surface area contributed by atoms with E-state index in [1.165, 1.54) is 0 Å². The fourth-order valence-corrected chi connectivity index (χ4v) is 7.36. The third kappa shape index (κ3) is 4.25. The Morgan fingerprint density at radius 1 is 0.373 bits per heavy atom. The van der Waals surface area contributed by atoms with Crippen LogP contribution in [0.4, 0.5) is 0 Å². The number of furan rings is 3. The molecule has 11 rings (SSSR count). The first-order valence-corrected chi connectivity index (χ1v) is 16.7. The van der Waals surface area contributed by atoms with Gasteiger partial charge in [0.1, 0.15) is 27.9 Å². The second-order valence-electron chi connectivity index (χ2n) is 12.6. The van der Waals surface area contributed by atoms with Crippen LogP contribution in [-0.2, 0) is 0 Å². The third-order valence-corrected chi connectivity index (χ3v) is 9.64. The smallest absolute Gasteiger partial charge is 0.167 e. The number of hydrogen-bond donors (Lipinski definition) is 0. The van der Waals surface area contributed by atoms with Gasteiger partial charge in [-0.2, -0.15) is 0 Å². The zero-order valence-corrected chi connectivity index (χ0v) is 26.9. The summed E-state index contributed by atoms with van der Waals surface area (Å²) in [7, 11) is 0. The van der Waals surface area contributed by atoms with Crippen LogP contribution in [0.2, 0.25) is 0 Å². The Bertz CT molecular complexity index is 3160. The molecule has 0 radical (unpaired) electrons. The van der Waals surface area contributed by atoms with Crippen LogP contribution in [0.25, 0.3) is 111 Å². The van der Waals surface area contributed by atoms with Crippen molar-refractivity contribution in [3.8, 4) is 45.3 Å². The van der Waals surface area contributed by atoms with E-state index in [1.807, 2.05) is 97.1 Å². The molecule has 5 aromatic heterocycles. The average Bonchev–Trinajstić information content (AvgIpc) is 3.89. The first-order valence-electron chi connectivity index (χ1n) is 16.7. The van der Waals surface area contributed by atoms with Crippen LogP contribution in [0.3, 0.4) is 0 Å².